The molecule has 7 nitrogen and oxygen atoms in total. The number of carbonyl (C=O) groups excluding carboxylic acids is 2. The lowest BCUT2D eigenvalue weighted by Crippen LogP contribution is -2.40. The minimum absolute atomic E-state index is 0.0755. The maximum Gasteiger partial charge on any atom is 0.270 e. The van der Waals surface area contributed by atoms with E-state index in [4.69, 9.17) is 0 Å². The van der Waals surface area contributed by atoms with E-state index in [1.54, 1.807) is 6.08 Å². The lowest BCUT2D eigenvalue weighted by atomic mass is 10.2. The van der Waals surface area contributed by atoms with E-state index in [9.17, 15) is 19.7 Å². The summed E-state index contributed by atoms with van der Waals surface area (Å²) in [6.07, 6.45) is 2.86. The van der Waals surface area contributed by atoms with E-state index in [0.29, 0.717) is 0 Å². The summed E-state index contributed by atoms with van der Waals surface area (Å²) >= 11 is 0. The number of non-ortho nitro benzene ring substituents is 1. The molecule has 0 aromatic heterocycles. The van der Waals surface area contributed by atoms with Crippen molar-refractivity contribution in [2.45, 2.75) is 0 Å². The summed E-state index contributed by atoms with van der Waals surface area (Å²) < 4.78 is 0. The van der Waals surface area contributed by atoms with Crippen LogP contribution in [0.1, 0.15) is 15.9 Å². The van der Waals surface area contributed by atoms with Crippen molar-refractivity contribution in [3.63, 3.8) is 0 Å². The normalized spacial score (nSPS) is 10.3. The second-order valence-corrected chi connectivity index (χ2v) is 4.49. The molecule has 7 heteroatoms. The molecule has 0 radical (unpaired) electrons. The predicted molar refractivity (Wildman–Crippen MR) is 84.2 cm³/mol. The molecule has 0 spiro atoms. The molecule has 0 aliphatic carbocycles. The van der Waals surface area contributed by atoms with Crippen molar-refractivity contribution in [2.75, 3.05) is 0 Å². The second-order valence-electron chi connectivity index (χ2n) is 4.49. The number of hydrazine groups is 1. The van der Waals surface area contributed by atoms with Crippen LogP contribution < -0.4 is 10.9 Å². The molecule has 0 saturated carbocycles. The average Bonchev–Trinajstić information content (AvgIpc) is 2.58. The fraction of sp³-hybridized carbons (Fsp3) is 0. The molecule has 2 N–H and O–H groups in total. The topological polar surface area (TPSA) is 101 Å². The van der Waals surface area contributed by atoms with Gasteiger partial charge in [-0.1, -0.05) is 36.4 Å². The summed E-state index contributed by atoms with van der Waals surface area (Å²) in [6.45, 7) is 0. The number of hydrogen-bond donors (Lipinski definition) is 2. The van der Waals surface area contributed by atoms with Crippen LogP contribution in [0.25, 0.3) is 6.08 Å². The van der Waals surface area contributed by atoms with Crippen molar-refractivity contribution in [3.8, 4) is 0 Å². The number of nitrogens with zero attached hydrogens (tertiary/aromatic N) is 1. The van der Waals surface area contributed by atoms with E-state index in [0.717, 1.165) is 11.6 Å². The molecule has 0 unspecified atom stereocenters. The Morgan fingerprint density at radius 2 is 1.74 bits per heavy atom. The Bertz CT molecular complexity index is 757. The summed E-state index contributed by atoms with van der Waals surface area (Å²) in [5.74, 6) is -1.16. The quantitative estimate of drug-likeness (QED) is 0.512. The Hall–Kier alpha value is -3.48. The third-order valence-corrected chi connectivity index (χ3v) is 2.85. The van der Waals surface area contributed by atoms with Crippen LogP contribution >= 0.6 is 0 Å². The molecule has 0 aliphatic rings. The maximum atomic E-state index is 11.8. The molecule has 23 heavy (non-hydrogen) atoms. The first-order chi connectivity index (χ1) is 11.1. The van der Waals surface area contributed by atoms with Crippen molar-refractivity contribution >= 4 is 23.6 Å². The molecule has 0 bridgehead atoms. The Kier molecular flexibility index (Phi) is 5.19. The summed E-state index contributed by atoms with van der Waals surface area (Å²) in [6, 6.07) is 14.4. The number of nitrogens with one attached hydrogen (secondary N) is 2. The van der Waals surface area contributed by atoms with Crippen LogP contribution in [0.3, 0.4) is 0 Å². The van der Waals surface area contributed by atoms with Gasteiger partial charge in [-0.3, -0.25) is 30.6 Å². The van der Waals surface area contributed by atoms with Crippen LogP contribution in [0.4, 0.5) is 5.69 Å². The molecule has 116 valence electrons. The standard InChI is InChI=1S/C16H13N3O4/c20-15(10-9-12-5-2-1-3-6-12)17-18-16(21)13-7-4-8-14(11-13)19(22)23/h1-11H,(H,17,20)(H,18,21). The zero-order valence-corrected chi connectivity index (χ0v) is 11.9. The van der Waals surface area contributed by atoms with Crippen LogP contribution in [0.15, 0.2) is 60.7 Å². The molecule has 2 aromatic carbocycles. The van der Waals surface area contributed by atoms with Gasteiger partial charge >= 0.3 is 0 Å². The first-order valence-corrected chi connectivity index (χ1v) is 6.64. The third-order valence-electron chi connectivity index (χ3n) is 2.85. The first-order valence-electron chi connectivity index (χ1n) is 6.64. The van der Waals surface area contributed by atoms with E-state index < -0.39 is 16.7 Å². The highest BCUT2D eigenvalue weighted by Gasteiger charge is 2.11. The smallest absolute Gasteiger partial charge is 0.268 e. The number of benzene rings is 2. The van der Waals surface area contributed by atoms with Crippen molar-refractivity contribution in [1.29, 1.82) is 0 Å². The monoisotopic (exact) mass is 311 g/mol. The highest BCUT2D eigenvalue weighted by Crippen LogP contribution is 2.12. The van der Waals surface area contributed by atoms with E-state index in [1.165, 1.54) is 24.3 Å². The number of nitro benzene ring substituents is 1. The van der Waals surface area contributed by atoms with Crippen LogP contribution in [-0.2, 0) is 4.79 Å². The molecular formula is C16H13N3O4. The minimum Gasteiger partial charge on any atom is -0.268 e. The molecule has 2 rings (SSSR count). The molecule has 2 aromatic rings. The molecular weight excluding hydrogens is 298 g/mol. The third kappa shape index (κ3) is 4.78. The van der Waals surface area contributed by atoms with Gasteiger partial charge in [0, 0.05) is 23.8 Å². The number of carbonyl (C=O) groups is 2. The number of amides is 2. The van der Waals surface area contributed by atoms with E-state index in [-0.39, 0.29) is 11.3 Å². The number of nitro groups is 1. The van der Waals surface area contributed by atoms with Crippen LogP contribution in [-0.4, -0.2) is 16.7 Å². The first kappa shape index (κ1) is 15.9. The van der Waals surface area contributed by atoms with Gasteiger partial charge in [0.1, 0.15) is 0 Å². The Morgan fingerprint density at radius 1 is 1.00 bits per heavy atom. The Balaban J connectivity index is 1.91. The predicted octanol–water partition coefficient (Wildman–Crippen LogP) is 2.07. The molecule has 0 saturated heterocycles. The van der Waals surface area contributed by atoms with Gasteiger partial charge in [-0.15, -0.1) is 0 Å². The van der Waals surface area contributed by atoms with Crippen molar-refractivity contribution < 1.29 is 14.5 Å². The summed E-state index contributed by atoms with van der Waals surface area (Å²) in [4.78, 5) is 33.5. The van der Waals surface area contributed by atoms with Gasteiger partial charge in [0.05, 0.1) is 4.92 Å². The molecule has 0 atom stereocenters. The fourth-order valence-corrected chi connectivity index (χ4v) is 1.73. The van der Waals surface area contributed by atoms with Crippen LogP contribution in [0.5, 0.6) is 0 Å². The van der Waals surface area contributed by atoms with Gasteiger partial charge < -0.3 is 0 Å². The van der Waals surface area contributed by atoms with E-state index in [1.807, 2.05) is 30.3 Å². The molecule has 0 aliphatic heterocycles. The zero-order valence-electron chi connectivity index (χ0n) is 11.9. The van der Waals surface area contributed by atoms with Crippen molar-refractivity contribution in [3.05, 3.63) is 81.9 Å². The molecule has 0 heterocycles. The van der Waals surface area contributed by atoms with Gasteiger partial charge in [0.2, 0.25) is 0 Å². The van der Waals surface area contributed by atoms with Crippen LogP contribution in [0, 0.1) is 10.1 Å². The van der Waals surface area contributed by atoms with Crippen molar-refractivity contribution in [2.24, 2.45) is 0 Å². The Labute approximate surface area is 131 Å². The van der Waals surface area contributed by atoms with Gasteiger partial charge in [0.15, 0.2) is 0 Å². The van der Waals surface area contributed by atoms with Gasteiger partial charge in [-0.25, -0.2) is 0 Å². The Morgan fingerprint density at radius 3 is 2.43 bits per heavy atom. The van der Waals surface area contributed by atoms with E-state index in [2.05, 4.69) is 10.9 Å². The molecule has 2 amide bonds. The van der Waals surface area contributed by atoms with Crippen LogP contribution in [0.2, 0.25) is 0 Å². The lowest BCUT2D eigenvalue weighted by molar-refractivity contribution is -0.384. The SMILES string of the molecule is O=C(C=Cc1ccccc1)NNC(=O)c1cccc([N+](=O)[O-])c1. The highest BCUT2D eigenvalue weighted by atomic mass is 16.6. The zero-order chi connectivity index (χ0) is 16.7. The average molecular weight is 311 g/mol. The second kappa shape index (κ2) is 7.51. The molecule has 0 fully saturated rings. The number of hydrogen-bond acceptors (Lipinski definition) is 4. The summed E-state index contributed by atoms with van der Waals surface area (Å²) in [5.41, 5.74) is 5.11. The highest BCUT2D eigenvalue weighted by molar-refractivity contribution is 5.98. The van der Waals surface area contributed by atoms with Gasteiger partial charge in [-0.05, 0) is 17.7 Å². The number of rotatable bonds is 4. The van der Waals surface area contributed by atoms with Gasteiger partial charge in [-0.2, -0.15) is 0 Å². The summed E-state index contributed by atoms with van der Waals surface area (Å²) in [5, 5.41) is 10.7. The minimum atomic E-state index is -0.643. The van der Waals surface area contributed by atoms with Gasteiger partial charge in [0.25, 0.3) is 17.5 Å². The maximum absolute atomic E-state index is 11.8. The largest absolute Gasteiger partial charge is 0.270 e. The van der Waals surface area contributed by atoms with E-state index >= 15 is 0 Å². The lowest BCUT2D eigenvalue weighted by Gasteiger charge is -2.05. The summed E-state index contributed by atoms with van der Waals surface area (Å²) in [7, 11) is 0. The van der Waals surface area contributed by atoms with Crippen molar-refractivity contribution in [1.82, 2.24) is 10.9 Å². The fourth-order valence-electron chi connectivity index (χ4n) is 1.73.